The highest BCUT2D eigenvalue weighted by atomic mass is 19.1. The number of nitrogens with zero attached hydrogens (tertiary/aromatic N) is 1. The van der Waals surface area contributed by atoms with E-state index in [1.54, 1.807) is 26.8 Å². The minimum atomic E-state index is -1.50. The molecule has 0 aliphatic carbocycles. The summed E-state index contributed by atoms with van der Waals surface area (Å²) in [5.41, 5.74) is -2.09. The second-order valence-corrected chi connectivity index (χ2v) is 6.60. The number of carbonyl (C=O) groups is 3. The van der Waals surface area contributed by atoms with Crippen LogP contribution in [0.15, 0.2) is 24.3 Å². The number of carbonyl (C=O) groups excluding carboxylic acids is 3. The highest BCUT2D eigenvalue weighted by molar-refractivity contribution is 6.09. The summed E-state index contributed by atoms with van der Waals surface area (Å²) in [7, 11) is 0. The van der Waals surface area contributed by atoms with Gasteiger partial charge >= 0.3 is 6.03 Å². The van der Waals surface area contributed by atoms with Gasteiger partial charge in [0.15, 0.2) is 5.78 Å². The minimum Gasteiger partial charge on any atom is -0.319 e. The molecule has 1 N–H and O–H groups in total. The van der Waals surface area contributed by atoms with Gasteiger partial charge in [-0.15, -0.1) is 0 Å². The Hall–Kier alpha value is -2.24. The molecular formula is C16H19FN2O3. The third kappa shape index (κ3) is 2.61. The Morgan fingerprint density at radius 3 is 2.41 bits per heavy atom. The van der Waals surface area contributed by atoms with E-state index in [4.69, 9.17) is 0 Å². The zero-order chi connectivity index (χ0) is 16.7. The van der Waals surface area contributed by atoms with Crippen LogP contribution >= 0.6 is 0 Å². The van der Waals surface area contributed by atoms with E-state index in [0.717, 1.165) is 4.90 Å². The zero-order valence-corrected chi connectivity index (χ0v) is 13.1. The van der Waals surface area contributed by atoms with Gasteiger partial charge in [0, 0.05) is 11.0 Å². The predicted octanol–water partition coefficient (Wildman–Crippen LogP) is 2.21. The van der Waals surface area contributed by atoms with Crippen molar-refractivity contribution in [1.82, 2.24) is 10.2 Å². The minimum absolute atomic E-state index is 0.0825. The van der Waals surface area contributed by atoms with Gasteiger partial charge in [0.2, 0.25) is 0 Å². The molecule has 5 nitrogen and oxygen atoms in total. The first-order valence-electron chi connectivity index (χ1n) is 7.00. The van der Waals surface area contributed by atoms with Crippen LogP contribution in [0.25, 0.3) is 0 Å². The van der Waals surface area contributed by atoms with Crippen LogP contribution in [-0.4, -0.2) is 29.2 Å². The van der Waals surface area contributed by atoms with Crippen LogP contribution < -0.4 is 5.32 Å². The lowest BCUT2D eigenvalue weighted by Gasteiger charge is -2.23. The molecule has 1 saturated heterocycles. The van der Waals surface area contributed by atoms with Crippen LogP contribution in [-0.2, 0) is 15.1 Å². The first kappa shape index (κ1) is 16.1. The molecule has 0 spiro atoms. The first-order valence-corrected chi connectivity index (χ1v) is 7.00. The number of urea groups is 1. The standard InChI is InChI=1S/C16H19FN2O3/c1-15(2,3)12(20)9-19-13(21)16(4,18-14(19)22)10-7-5-6-8-11(10)17/h5-8H,9H2,1-4H3,(H,18,22). The molecule has 1 aromatic rings. The van der Waals surface area contributed by atoms with Gasteiger partial charge in [0.25, 0.3) is 5.91 Å². The molecule has 0 bridgehead atoms. The molecule has 1 unspecified atom stereocenters. The second kappa shape index (κ2) is 5.19. The maximum absolute atomic E-state index is 14.0. The molecule has 1 heterocycles. The van der Waals surface area contributed by atoms with E-state index in [-0.39, 0.29) is 17.9 Å². The Bertz CT molecular complexity index is 651. The fourth-order valence-electron chi connectivity index (χ4n) is 2.27. The lowest BCUT2D eigenvalue weighted by atomic mass is 9.89. The smallest absolute Gasteiger partial charge is 0.319 e. The van der Waals surface area contributed by atoms with Crippen molar-refractivity contribution in [2.45, 2.75) is 33.2 Å². The first-order chi connectivity index (χ1) is 10.1. The Labute approximate surface area is 128 Å². The molecule has 0 aromatic heterocycles. The number of nitrogens with one attached hydrogen (secondary N) is 1. The van der Waals surface area contributed by atoms with Gasteiger partial charge in [0.05, 0.1) is 6.54 Å². The maximum atomic E-state index is 14.0. The van der Waals surface area contributed by atoms with Gasteiger partial charge < -0.3 is 5.32 Å². The van der Waals surface area contributed by atoms with Gasteiger partial charge in [-0.2, -0.15) is 0 Å². The Balaban J connectivity index is 2.33. The molecule has 1 atom stereocenters. The molecule has 1 fully saturated rings. The monoisotopic (exact) mass is 306 g/mol. The molecule has 118 valence electrons. The van der Waals surface area contributed by atoms with Crippen LogP contribution in [0.2, 0.25) is 0 Å². The fraction of sp³-hybridized carbons (Fsp3) is 0.438. The van der Waals surface area contributed by atoms with E-state index >= 15 is 0 Å². The van der Waals surface area contributed by atoms with E-state index < -0.39 is 28.7 Å². The van der Waals surface area contributed by atoms with Gasteiger partial charge in [-0.25, -0.2) is 9.18 Å². The van der Waals surface area contributed by atoms with Crippen molar-refractivity contribution < 1.29 is 18.8 Å². The van der Waals surface area contributed by atoms with E-state index in [1.807, 2.05) is 0 Å². The normalized spacial score (nSPS) is 22.0. The quantitative estimate of drug-likeness (QED) is 0.871. The van der Waals surface area contributed by atoms with E-state index in [1.165, 1.54) is 25.1 Å². The number of benzene rings is 1. The number of Topliss-reactive ketones (excluding diaryl/α,β-unsaturated/α-hetero) is 1. The van der Waals surface area contributed by atoms with Crippen LogP contribution in [0.4, 0.5) is 9.18 Å². The van der Waals surface area contributed by atoms with Crippen molar-refractivity contribution in [3.63, 3.8) is 0 Å². The summed E-state index contributed by atoms with van der Waals surface area (Å²) in [4.78, 5) is 37.6. The molecule has 1 aliphatic heterocycles. The van der Waals surface area contributed by atoms with Crippen LogP contribution in [0, 0.1) is 11.2 Å². The molecule has 1 aromatic carbocycles. The molecular weight excluding hydrogens is 287 g/mol. The second-order valence-electron chi connectivity index (χ2n) is 6.60. The topological polar surface area (TPSA) is 66.5 Å². The van der Waals surface area contributed by atoms with Crippen molar-refractivity contribution in [1.29, 1.82) is 0 Å². The number of halogens is 1. The van der Waals surface area contributed by atoms with E-state index in [2.05, 4.69) is 5.32 Å². The van der Waals surface area contributed by atoms with E-state index in [0.29, 0.717) is 0 Å². The number of hydrogen-bond acceptors (Lipinski definition) is 3. The maximum Gasteiger partial charge on any atom is 0.325 e. The van der Waals surface area contributed by atoms with Crippen molar-refractivity contribution >= 4 is 17.7 Å². The molecule has 3 amide bonds. The molecule has 22 heavy (non-hydrogen) atoms. The SMILES string of the molecule is CC(C)(C)C(=O)CN1C(=O)NC(C)(c2ccccc2F)C1=O. The average molecular weight is 306 g/mol. The van der Waals surface area contributed by atoms with Crippen molar-refractivity contribution in [2.75, 3.05) is 6.54 Å². The third-order valence-corrected chi connectivity index (χ3v) is 3.83. The average Bonchev–Trinajstić information content (AvgIpc) is 2.62. The van der Waals surface area contributed by atoms with Crippen LogP contribution in [0.5, 0.6) is 0 Å². The van der Waals surface area contributed by atoms with Crippen LogP contribution in [0.1, 0.15) is 33.3 Å². The van der Waals surface area contributed by atoms with Crippen molar-refractivity contribution in [3.8, 4) is 0 Å². The summed E-state index contributed by atoms with van der Waals surface area (Å²) in [6, 6.07) is 5.08. The number of amides is 3. The Morgan fingerprint density at radius 1 is 1.27 bits per heavy atom. The summed E-state index contributed by atoms with van der Waals surface area (Å²) < 4.78 is 14.0. The highest BCUT2D eigenvalue weighted by Crippen LogP contribution is 2.31. The van der Waals surface area contributed by atoms with Gasteiger partial charge in [-0.3, -0.25) is 14.5 Å². The van der Waals surface area contributed by atoms with Gasteiger partial charge in [-0.05, 0) is 13.0 Å². The summed E-state index contributed by atoms with van der Waals surface area (Å²) in [6.07, 6.45) is 0. The molecule has 0 saturated carbocycles. The summed E-state index contributed by atoms with van der Waals surface area (Å²) in [6.45, 7) is 6.25. The van der Waals surface area contributed by atoms with Crippen LogP contribution in [0.3, 0.4) is 0 Å². The lowest BCUT2D eigenvalue weighted by molar-refractivity contribution is -0.136. The largest absolute Gasteiger partial charge is 0.325 e. The molecule has 0 radical (unpaired) electrons. The van der Waals surface area contributed by atoms with Crippen molar-refractivity contribution in [2.24, 2.45) is 5.41 Å². The highest BCUT2D eigenvalue weighted by Gasteiger charge is 2.51. The lowest BCUT2D eigenvalue weighted by Crippen LogP contribution is -2.43. The molecule has 1 aliphatic rings. The molecule has 6 heteroatoms. The third-order valence-electron chi connectivity index (χ3n) is 3.83. The number of rotatable bonds is 3. The number of hydrogen-bond donors (Lipinski definition) is 1. The van der Waals surface area contributed by atoms with E-state index in [9.17, 15) is 18.8 Å². The van der Waals surface area contributed by atoms with Gasteiger partial charge in [0.1, 0.15) is 11.4 Å². The van der Waals surface area contributed by atoms with Gasteiger partial charge in [-0.1, -0.05) is 39.0 Å². The summed E-state index contributed by atoms with van der Waals surface area (Å²) in [5, 5.41) is 2.49. The number of ketones is 1. The van der Waals surface area contributed by atoms with Crippen molar-refractivity contribution in [3.05, 3.63) is 35.6 Å². The predicted molar refractivity (Wildman–Crippen MR) is 78.5 cm³/mol. The zero-order valence-electron chi connectivity index (χ0n) is 13.1. The Morgan fingerprint density at radius 2 is 1.86 bits per heavy atom. The molecule has 2 rings (SSSR count). The fourth-order valence-corrected chi connectivity index (χ4v) is 2.27. The summed E-state index contributed by atoms with van der Waals surface area (Å²) in [5.74, 6) is -1.45. The summed E-state index contributed by atoms with van der Waals surface area (Å²) >= 11 is 0. The number of imide groups is 1. The Kier molecular flexibility index (Phi) is 3.81.